The normalized spacial score (nSPS) is 23.1. The fourth-order valence-electron chi connectivity index (χ4n) is 5.48. The second kappa shape index (κ2) is 12.9. The molecule has 0 aromatic heterocycles. The van der Waals surface area contributed by atoms with Gasteiger partial charge in [0.05, 0.1) is 12.1 Å². The van der Waals surface area contributed by atoms with Crippen LogP contribution >= 0.6 is 0 Å². The number of carbonyl (C=O) groups excluding carboxylic acids is 2. The van der Waals surface area contributed by atoms with E-state index in [1.54, 1.807) is 11.8 Å². The second-order valence-electron chi connectivity index (χ2n) is 10.1. The van der Waals surface area contributed by atoms with Gasteiger partial charge in [-0.15, -0.1) is 0 Å². The first-order valence-electron chi connectivity index (χ1n) is 13.1. The minimum Gasteiger partial charge on any atom is -0.480 e. The summed E-state index contributed by atoms with van der Waals surface area (Å²) in [6, 6.07) is 6.35. The largest absolute Gasteiger partial charge is 0.480 e. The first-order valence-corrected chi connectivity index (χ1v) is 13.1. The summed E-state index contributed by atoms with van der Waals surface area (Å²) in [4.78, 5) is 53.4. The van der Waals surface area contributed by atoms with Gasteiger partial charge in [0.1, 0.15) is 12.1 Å². The van der Waals surface area contributed by atoms with E-state index in [0.29, 0.717) is 45.2 Å². The Kier molecular flexibility index (Phi) is 9.87. The molecule has 2 amide bonds. The summed E-state index contributed by atoms with van der Waals surface area (Å²) in [5.41, 5.74) is 1.00. The van der Waals surface area contributed by atoms with Gasteiger partial charge in [-0.25, -0.2) is 4.79 Å². The maximum absolute atomic E-state index is 13.5. The van der Waals surface area contributed by atoms with E-state index in [2.05, 4.69) is 12.2 Å². The molecule has 0 saturated carbocycles. The van der Waals surface area contributed by atoms with E-state index in [1.165, 1.54) is 4.90 Å². The number of fused-ring (bicyclic) bond motifs is 1. The van der Waals surface area contributed by atoms with Crippen LogP contribution < -0.4 is 5.32 Å². The molecule has 2 saturated heterocycles. The highest BCUT2D eigenvalue weighted by molar-refractivity contribution is 5.88. The molecular formula is C27H39N3O6. The number of rotatable bonds is 12. The molecule has 9 heteroatoms. The van der Waals surface area contributed by atoms with E-state index in [9.17, 15) is 29.4 Å². The standard InChI is InChI=1S/C27H39N3O6/c1-3-4-6-11-24(31)29-15-14-20-16-22(27(35)36)30(23(20)17-29)25(32)18(2)28-21(26(33)34)13-12-19-9-7-5-8-10-19/h5,7-10,18,20-23,28H,3-4,6,11-17H2,1-2H3,(H,33,34)(H,35,36)/t18-,20+,21+,22+,23+/m0/s1. The average Bonchev–Trinajstić information content (AvgIpc) is 3.25. The van der Waals surface area contributed by atoms with Crippen LogP contribution in [0, 0.1) is 5.92 Å². The molecule has 2 aliphatic rings. The Bertz CT molecular complexity index is 923. The van der Waals surface area contributed by atoms with Crippen LogP contribution in [0.3, 0.4) is 0 Å². The summed E-state index contributed by atoms with van der Waals surface area (Å²) < 4.78 is 0. The number of piperidine rings is 1. The molecule has 2 heterocycles. The quantitative estimate of drug-likeness (QED) is 0.376. The van der Waals surface area contributed by atoms with Crippen LogP contribution in [0.2, 0.25) is 0 Å². The zero-order chi connectivity index (χ0) is 26.2. The highest BCUT2D eigenvalue weighted by Crippen LogP contribution is 2.37. The zero-order valence-corrected chi connectivity index (χ0v) is 21.3. The summed E-state index contributed by atoms with van der Waals surface area (Å²) in [7, 11) is 0. The summed E-state index contributed by atoms with van der Waals surface area (Å²) >= 11 is 0. The lowest BCUT2D eigenvalue weighted by molar-refractivity contribution is -0.152. The number of likely N-dealkylation sites (tertiary alicyclic amines) is 2. The molecule has 0 radical (unpaired) electrons. The molecular weight excluding hydrogens is 462 g/mol. The molecule has 3 N–H and O–H groups in total. The van der Waals surface area contributed by atoms with Crippen molar-refractivity contribution in [2.45, 2.75) is 89.4 Å². The average molecular weight is 502 g/mol. The van der Waals surface area contributed by atoms with E-state index in [0.717, 1.165) is 24.8 Å². The minimum absolute atomic E-state index is 0.00953. The van der Waals surface area contributed by atoms with Crippen molar-refractivity contribution in [3.63, 3.8) is 0 Å². The van der Waals surface area contributed by atoms with Gasteiger partial charge < -0.3 is 20.0 Å². The molecule has 1 aromatic carbocycles. The molecule has 3 rings (SSSR count). The number of benzene rings is 1. The maximum Gasteiger partial charge on any atom is 0.326 e. The predicted molar refractivity (Wildman–Crippen MR) is 134 cm³/mol. The number of amides is 2. The summed E-state index contributed by atoms with van der Waals surface area (Å²) in [5, 5.41) is 22.5. The number of carboxylic acid groups (broad SMARTS) is 2. The van der Waals surface area contributed by atoms with Gasteiger partial charge in [0.15, 0.2) is 0 Å². The molecule has 36 heavy (non-hydrogen) atoms. The Morgan fingerprint density at radius 2 is 1.83 bits per heavy atom. The van der Waals surface area contributed by atoms with Crippen molar-refractivity contribution in [1.29, 1.82) is 0 Å². The van der Waals surface area contributed by atoms with Crippen molar-refractivity contribution < 1.29 is 29.4 Å². The highest BCUT2D eigenvalue weighted by atomic mass is 16.4. The number of aliphatic carboxylic acids is 2. The van der Waals surface area contributed by atoms with Gasteiger partial charge in [0, 0.05) is 19.5 Å². The van der Waals surface area contributed by atoms with Gasteiger partial charge >= 0.3 is 11.9 Å². The Morgan fingerprint density at radius 3 is 2.47 bits per heavy atom. The number of carboxylic acids is 2. The molecule has 9 nitrogen and oxygen atoms in total. The summed E-state index contributed by atoms with van der Waals surface area (Å²) in [5.74, 6) is -2.49. The Hall–Kier alpha value is -2.94. The van der Waals surface area contributed by atoms with Crippen LogP contribution in [0.15, 0.2) is 30.3 Å². The first-order chi connectivity index (χ1) is 17.2. The summed E-state index contributed by atoms with van der Waals surface area (Å²) in [6.07, 6.45) is 5.13. The minimum atomic E-state index is -1.07. The maximum atomic E-state index is 13.5. The third-order valence-corrected chi connectivity index (χ3v) is 7.51. The van der Waals surface area contributed by atoms with E-state index in [-0.39, 0.29) is 17.9 Å². The lowest BCUT2D eigenvalue weighted by Gasteiger charge is -2.40. The van der Waals surface area contributed by atoms with E-state index in [4.69, 9.17) is 0 Å². The first kappa shape index (κ1) is 27.6. The van der Waals surface area contributed by atoms with E-state index >= 15 is 0 Å². The lowest BCUT2D eigenvalue weighted by Crippen LogP contribution is -2.58. The fraction of sp³-hybridized carbons (Fsp3) is 0.630. The van der Waals surface area contributed by atoms with E-state index in [1.807, 2.05) is 30.3 Å². The summed E-state index contributed by atoms with van der Waals surface area (Å²) in [6.45, 7) is 4.57. The molecule has 198 valence electrons. The van der Waals surface area contributed by atoms with Crippen LogP contribution in [-0.2, 0) is 25.6 Å². The van der Waals surface area contributed by atoms with Crippen molar-refractivity contribution in [3.05, 3.63) is 35.9 Å². The van der Waals surface area contributed by atoms with Crippen molar-refractivity contribution in [1.82, 2.24) is 15.1 Å². The van der Waals surface area contributed by atoms with Crippen LogP contribution in [0.4, 0.5) is 0 Å². The second-order valence-corrected chi connectivity index (χ2v) is 10.1. The molecule has 0 unspecified atom stereocenters. The van der Waals surface area contributed by atoms with Gasteiger partial charge in [-0.1, -0.05) is 50.1 Å². The SMILES string of the molecule is CCCCCC(=O)N1CC[C@@H]2C[C@H](C(=O)O)N(C(=O)[C@H](C)N[C@H](CCc3ccccc3)C(=O)O)[C@@H]2C1. The van der Waals surface area contributed by atoms with Gasteiger partial charge in [0.2, 0.25) is 11.8 Å². The van der Waals surface area contributed by atoms with E-state index < -0.39 is 36.0 Å². The zero-order valence-electron chi connectivity index (χ0n) is 21.3. The van der Waals surface area contributed by atoms with Crippen LogP contribution in [0.1, 0.15) is 64.4 Å². The van der Waals surface area contributed by atoms with Crippen molar-refractivity contribution in [2.24, 2.45) is 5.92 Å². The molecule has 0 spiro atoms. The fourth-order valence-corrected chi connectivity index (χ4v) is 5.48. The number of nitrogens with zero attached hydrogens (tertiary/aromatic N) is 2. The third-order valence-electron chi connectivity index (χ3n) is 7.51. The number of carbonyl (C=O) groups is 4. The smallest absolute Gasteiger partial charge is 0.326 e. The molecule has 1 aromatic rings. The number of nitrogens with one attached hydrogen (secondary N) is 1. The third kappa shape index (κ3) is 6.84. The van der Waals surface area contributed by atoms with Gasteiger partial charge in [-0.2, -0.15) is 0 Å². The van der Waals surface area contributed by atoms with Crippen molar-refractivity contribution in [3.8, 4) is 0 Å². The molecule has 5 atom stereocenters. The molecule has 2 aliphatic heterocycles. The topological polar surface area (TPSA) is 127 Å². The Balaban J connectivity index is 1.68. The number of hydrogen-bond acceptors (Lipinski definition) is 5. The van der Waals surface area contributed by atoms with Crippen LogP contribution in [0.25, 0.3) is 0 Å². The van der Waals surface area contributed by atoms with Crippen molar-refractivity contribution >= 4 is 23.8 Å². The number of hydrogen-bond donors (Lipinski definition) is 3. The van der Waals surface area contributed by atoms with Crippen LogP contribution in [0.5, 0.6) is 0 Å². The molecule has 0 aliphatic carbocycles. The van der Waals surface area contributed by atoms with Gasteiger partial charge in [0.25, 0.3) is 0 Å². The number of aryl methyl sites for hydroxylation is 1. The monoisotopic (exact) mass is 501 g/mol. The van der Waals surface area contributed by atoms with Crippen molar-refractivity contribution in [2.75, 3.05) is 13.1 Å². The molecule has 2 fully saturated rings. The van der Waals surface area contributed by atoms with Gasteiger partial charge in [-0.05, 0) is 50.5 Å². The van der Waals surface area contributed by atoms with Gasteiger partial charge in [-0.3, -0.25) is 19.7 Å². The lowest BCUT2D eigenvalue weighted by atomic mass is 9.91. The Morgan fingerprint density at radius 1 is 1.11 bits per heavy atom. The predicted octanol–water partition coefficient (Wildman–Crippen LogP) is 2.53. The van der Waals surface area contributed by atoms with Crippen LogP contribution in [-0.4, -0.2) is 81.0 Å². The Labute approximate surface area is 212 Å². The highest BCUT2D eigenvalue weighted by Gasteiger charge is 2.50. The molecule has 0 bridgehead atoms. The number of unbranched alkanes of at least 4 members (excludes halogenated alkanes) is 2.